The Hall–Kier alpha value is -1.81. The number of nitrogens with one attached hydrogen (secondary N) is 1. The molecule has 21 heavy (non-hydrogen) atoms. The van der Waals surface area contributed by atoms with Crippen molar-refractivity contribution in [3.63, 3.8) is 0 Å². The van der Waals surface area contributed by atoms with Crippen molar-refractivity contribution < 1.29 is 4.79 Å². The van der Waals surface area contributed by atoms with Gasteiger partial charge in [0.05, 0.1) is 6.04 Å². The zero-order chi connectivity index (χ0) is 15.2. The fraction of sp³-hybridized carbons (Fsp3) is 0.471. The zero-order valence-electron chi connectivity index (χ0n) is 12.9. The Bertz CT molecular complexity index is 590. The molecule has 3 N–H and O–H groups in total. The minimum Gasteiger partial charge on any atom is -0.355 e. The van der Waals surface area contributed by atoms with E-state index in [-0.39, 0.29) is 11.8 Å². The van der Waals surface area contributed by atoms with Crippen LogP contribution in [0.25, 0.3) is 10.9 Å². The van der Waals surface area contributed by atoms with Crippen LogP contribution < -0.4 is 11.1 Å². The molecular weight excluding hydrogens is 262 g/mol. The maximum Gasteiger partial charge on any atom is 0.237 e. The summed E-state index contributed by atoms with van der Waals surface area (Å²) < 4.78 is 2.22. The average molecular weight is 287 g/mol. The van der Waals surface area contributed by atoms with Crippen LogP contribution in [0.5, 0.6) is 0 Å². The van der Waals surface area contributed by atoms with E-state index in [4.69, 9.17) is 5.73 Å². The molecule has 1 heterocycles. The first-order valence-electron chi connectivity index (χ1n) is 7.70. The maximum atomic E-state index is 11.9. The van der Waals surface area contributed by atoms with Gasteiger partial charge in [0, 0.05) is 24.8 Å². The van der Waals surface area contributed by atoms with Gasteiger partial charge in [-0.2, -0.15) is 0 Å². The van der Waals surface area contributed by atoms with Crippen LogP contribution >= 0.6 is 0 Å². The van der Waals surface area contributed by atoms with Crippen molar-refractivity contribution in [3.8, 4) is 0 Å². The van der Waals surface area contributed by atoms with Crippen molar-refractivity contribution in [2.45, 2.75) is 39.3 Å². The number of fused-ring (bicyclic) bond motifs is 1. The molecule has 0 unspecified atom stereocenters. The van der Waals surface area contributed by atoms with Crippen molar-refractivity contribution in [1.82, 2.24) is 9.88 Å². The molecule has 1 amide bonds. The van der Waals surface area contributed by atoms with E-state index in [1.807, 2.05) is 19.1 Å². The topological polar surface area (TPSA) is 60.1 Å². The number of hydrogen-bond acceptors (Lipinski definition) is 2. The molecular formula is C17H25N3O. The summed E-state index contributed by atoms with van der Waals surface area (Å²) in [6.45, 7) is 5.62. The maximum absolute atomic E-state index is 11.9. The summed E-state index contributed by atoms with van der Waals surface area (Å²) in [5.74, 6) is 0.181. The molecule has 0 aliphatic heterocycles. The van der Waals surface area contributed by atoms with Crippen molar-refractivity contribution in [1.29, 1.82) is 0 Å². The van der Waals surface area contributed by atoms with Gasteiger partial charge < -0.3 is 15.6 Å². The fourth-order valence-electron chi connectivity index (χ4n) is 2.43. The highest BCUT2D eigenvalue weighted by molar-refractivity contribution is 5.81. The highest BCUT2D eigenvalue weighted by Gasteiger charge is 2.18. The second-order valence-corrected chi connectivity index (χ2v) is 5.62. The number of amides is 1. The normalized spacial score (nSPS) is 14.0. The monoisotopic (exact) mass is 287 g/mol. The van der Waals surface area contributed by atoms with Crippen LogP contribution in [0.4, 0.5) is 0 Å². The number of aryl methyl sites for hydroxylation is 1. The van der Waals surface area contributed by atoms with Crippen LogP contribution in [0.2, 0.25) is 0 Å². The molecule has 0 saturated heterocycles. The standard InChI is InChI=1S/C17H25N3O/c1-3-13(2)16(18)17(21)19-10-6-11-20-12-9-14-7-4-5-8-15(14)20/h4-5,7-9,12-13,16H,3,6,10-11,18H2,1-2H3,(H,19,21)/t13-,16-/m0/s1. The van der Waals surface area contributed by atoms with E-state index >= 15 is 0 Å². The number of nitrogens with zero attached hydrogens (tertiary/aromatic N) is 1. The summed E-state index contributed by atoms with van der Waals surface area (Å²) in [6, 6.07) is 10.0. The Labute approximate surface area is 126 Å². The summed E-state index contributed by atoms with van der Waals surface area (Å²) in [7, 11) is 0. The van der Waals surface area contributed by atoms with Crippen molar-refractivity contribution in [3.05, 3.63) is 36.5 Å². The number of aromatic nitrogens is 1. The van der Waals surface area contributed by atoms with Gasteiger partial charge in [0.15, 0.2) is 0 Å². The quantitative estimate of drug-likeness (QED) is 0.769. The third-order valence-electron chi connectivity index (χ3n) is 4.11. The van der Waals surface area contributed by atoms with E-state index in [0.29, 0.717) is 6.54 Å². The first-order valence-corrected chi connectivity index (χ1v) is 7.70. The summed E-state index contributed by atoms with van der Waals surface area (Å²) >= 11 is 0. The SMILES string of the molecule is CC[C@H](C)[C@H](N)C(=O)NCCCn1ccc2ccccc21. The molecule has 4 heteroatoms. The Morgan fingerprint density at radius 3 is 2.86 bits per heavy atom. The molecule has 0 fully saturated rings. The summed E-state index contributed by atoms with van der Waals surface area (Å²) in [6.07, 6.45) is 3.92. The van der Waals surface area contributed by atoms with E-state index in [1.54, 1.807) is 0 Å². The lowest BCUT2D eigenvalue weighted by Gasteiger charge is -2.17. The van der Waals surface area contributed by atoms with E-state index in [1.165, 1.54) is 10.9 Å². The Morgan fingerprint density at radius 2 is 2.10 bits per heavy atom. The van der Waals surface area contributed by atoms with Gasteiger partial charge in [0.1, 0.15) is 0 Å². The number of carbonyl (C=O) groups excluding carboxylic acids is 1. The van der Waals surface area contributed by atoms with E-state index in [2.05, 4.69) is 41.2 Å². The van der Waals surface area contributed by atoms with Crippen LogP contribution in [0, 0.1) is 5.92 Å². The molecule has 114 valence electrons. The Morgan fingerprint density at radius 1 is 1.33 bits per heavy atom. The lowest BCUT2D eigenvalue weighted by Crippen LogP contribution is -2.44. The van der Waals surface area contributed by atoms with Gasteiger partial charge in [-0.25, -0.2) is 0 Å². The first kappa shape index (κ1) is 15.6. The molecule has 1 aromatic heterocycles. The van der Waals surface area contributed by atoms with Gasteiger partial charge >= 0.3 is 0 Å². The lowest BCUT2D eigenvalue weighted by molar-refractivity contribution is -0.123. The zero-order valence-corrected chi connectivity index (χ0v) is 12.9. The molecule has 2 atom stereocenters. The van der Waals surface area contributed by atoms with Gasteiger partial charge in [-0.05, 0) is 29.9 Å². The van der Waals surface area contributed by atoms with Gasteiger partial charge in [0.25, 0.3) is 0 Å². The molecule has 0 aliphatic carbocycles. The number of carbonyl (C=O) groups is 1. The smallest absolute Gasteiger partial charge is 0.237 e. The van der Waals surface area contributed by atoms with Crippen LogP contribution in [0.1, 0.15) is 26.7 Å². The second-order valence-electron chi connectivity index (χ2n) is 5.62. The second kappa shape index (κ2) is 7.27. The predicted octanol–water partition coefficient (Wildman–Crippen LogP) is 2.52. The molecule has 0 aliphatic rings. The van der Waals surface area contributed by atoms with Crippen LogP contribution in [0.15, 0.2) is 36.5 Å². The lowest BCUT2D eigenvalue weighted by atomic mass is 9.99. The van der Waals surface area contributed by atoms with Crippen LogP contribution in [-0.4, -0.2) is 23.1 Å². The van der Waals surface area contributed by atoms with E-state index < -0.39 is 6.04 Å². The molecule has 4 nitrogen and oxygen atoms in total. The van der Waals surface area contributed by atoms with Crippen LogP contribution in [-0.2, 0) is 11.3 Å². The minimum absolute atomic E-state index is 0.0401. The van der Waals surface area contributed by atoms with Crippen molar-refractivity contribution in [2.24, 2.45) is 11.7 Å². The molecule has 0 bridgehead atoms. The van der Waals surface area contributed by atoms with Crippen molar-refractivity contribution >= 4 is 16.8 Å². The summed E-state index contributed by atoms with van der Waals surface area (Å²) in [4.78, 5) is 11.9. The number of rotatable bonds is 7. The summed E-state index contributed by atoms with van der Waals surface area (Å²) in [5, 5.41) is 4.18. The fourth-order valence-corrected chi connectivity index (χ4v) is 2.43. The molecule has 2 aromatic rings. The molecule has 2 rings (SSSR count). The Kier molecular flexibility index (Phi) is 5.39. The summed E-state index contributed by atoms with van der Waals surface area (Å²) in [5.41, 5.74) is 7.14. The minimum atomic E-state index is -0.401. The number of hydrogen-bond donors (Lipinski definition) is 2. The number of nitrogens with two attached hydrogens (primary N) is 1. The predicted molar refractivity (Wildman–Crippen MR) is 87.0 cm³/mol. The van der Waals surface area contributed by atoms with E-state index in [9.17, 15) is 4.79 Å². The van der Waals surface area contributed by atoms with E-state index in [0.717, 1.165) is 19.4 Å². The van der Waals surface area contributed by atoms with Crippen molar-refractivity contribution in [2.75, 3.05) is 6.54 Å². The largest absolute Gasteiger partial charge is 0.355 e. The molecule has 0 radical (unpaired) electrons. The average Bonchev–Trinajstić information content (AvgIpc) is 2.93. The molecule has 0 spiro atoms. The molecule has 0 saturated carbocycles. The van der Waals surface area contributed by atoms with Gasteiger partial charge in [-0.15, -0.1) is 0 Å². The third kappa shape index (κ3) is 3.85. The van der Waals surface area contributed by atoms with Crippen LogP contribution in [0.3, 0.4) is 0 Å². The number of benzene rings is 1. The van der Waals surface area contributed by atoms with Gasteiger partial charge in [-0.3, -0.25) is 4.79 Å². The highest BCUT2D eigenvalue weighted by Crippen LogP contribution is 2.15. The number of para-hydroxylation sites is 1. The van der Waals surface area contributed by atoms with Gasteiger partial charge in [0.2, 0.25) is 5.91 Å². The highest BCUT2D eigenvalue weighted by atomic mass is 16.2. The molecule has 1 aromatic carbocycles. The van der Waals surface area contributed by atoms with Gasteiger partial charge in [-0.1, -0.05) is 38.5 Å². The first-order chi connectivity index (χ1) is 10.1. The Balaban J connectivity index is 1.78. The third-order valence-corrected chi connectivity index (χ3v) is 4.11.